The van der Waals surface area contributed by atoms with E-state index >= 15 is 0 Å². The summed E-state index contributed by atoms with van der Waals surface area (Å²) >= 11 is 1.60. The zero-order chi connectivity index (χ0) is 20.4. The zero-order valence-electron chi connectivity index (χ0n) is 16.5. The molecule has 1 amide bonds. The quantitative estimate of drug-likeness (QED) is 0.683. The van der Waals surface area contributed by atoms with Crippen LogP contribution in [-0.4, -0.2) is 58.7 Å². The van der Waals surface area contributed by atoms with Gasteiger partial charge in [0.15, 0.2) is 6.10 Å². The fourth-order valence-electron chi connectivity index (χ4n) is 3.90. The molecule has 0 radical (unpaired) electrons. The lowest BCUT2D eigenvalue weighted by atomic mass is 9.97. The predicted molar refractivity (Wildman–Crippen MR) is 108 cm³/mol. The van der Waals surface area contributed by atoms with Crippen molar-refractivity contribution in [2.24, 2.45) is 0 Å². The summed E-state index contributed by atoms with van der Waals surface area (Å²) in [6.07, 6.45) is 4.84. The van der Waals surface area contributed by atoms with Crippen molar-refractivity contribution >= 4 is 33.4 Å². The highest BCUT2D eigenvalue weighted by molar-refractivity contribution is 7.18. The largest absolute Gasteiger partial charge is 0.452 e. The lowest BCUT2D eigenvalue weighted by Crippen LogP contribution is -2.46. The molecule has 2 aromatic heterocycles. The SMILES string of the molecule is C[C@H](OC(=O)CCn1cnc2sc3c(c2c1=O)CCCC3)C(=O)N1CCOCC1. The van der Waals surface area contributed by atoms with Gasteiger partial charge in [-0.3, -0.25) is 19.0 Å². The molecule has 2 aromatic rings. The average Bonchev–Trinajstić information content (AvgIpc) is 3.12. The molecule has 1 aliphatic carbocycles. The maximum atomic E-state index is 12.9. The van der Waals surface area contributed by atoms with E-state index in [0.717, 1.165) is 36.1 Å². The van der Waals surface area contributed by atoms with E-state index in [1.807, 2.05) is 0 Å². The fraction of sp³-hybridized carbons (Fsp3) is 0.600. The monoisotopic (exact) mass is 419 g/mol. The molecule has 0 saturated carbocycles. The second kappa shape index (κ2) is 8.62. The van der Waals surface area contributed by atoms with Gasteiger partial charge in [-0.25, -0.2) is 4.98 Å². The van der Waals surface area contributed by atoms with Gasteiger partial charge in [-0.05, 0) is 38.2 Å². The molecule has 8 nitrogen and oxygen atoms in total. The van der Waals surface area contributed by atoms with Gasteiger partial charge in [0.2, 0.25) is 0 Å². The summed E-state index contributed by atoms with van der Waals surface area (Å²) in [5.74, 6) is -0.717. The number of amides is 1. The van der Waals surface area contributed by atoms with Crippen LogP contribution in [0.15, 0.2) is 11.1 Å². The van der Waals surface area contributed by atoms with Crippen molar-refractivity contribution in [1.82, 2.24) is 14.5 Å². The molecule has 29 heavy (non-hydrogen) atoms. The molecule has 2 aliphatic rings. The Morgan fingerprint density at radius 2 is 2.03 bits per heavy atom. The van der Waals surface area contributed by atoms with Crippen molar-refractivity contribution < 1.29 is 19.1 Å². The summed E-state index contributed by atoms with van der Waals surface area (Å²) in [5.41, 5.74) is 1.04. The van der Waals surface area contributed by atoms with Gasteiger partial charge >= 0.3 is 5.97 Å². The number of fused-ring (bicyclic) bond motifs is 3. The van der Waals surface area contributed by atoms with Crippen LogP contribution < -0.4 is 5.56 Å². The first kappa shape index (κ1) is 20.0. The molecule has 0 N–H and O–H groups in total. The summed E-state index contributed by atoms with van der Waals surface area (Å²) < 4.78 is 12.0. The van der Waals surface area contributed by atoms with Crippen LogP contribution in [0.5, 0.6) is 0 Å². The van der Waals surface area contributed by atoms with E-state index in [2.05, 4.69) is 4.98 Å². The minimum Gasteiger partial charge on any atom is -0.452 e. The molecule has 0 aromatic carbocycles. The number of carbonyl (C=O) groups excluding carboxylic acids is 2. The van der Waals surface area contributed by atoms with Gasteiger partial charge in [-0.2, -0.15) is 0 Å². The van der Waals surface area contributed by atoms with Gasteiger partial charge in [0.1, 0.15) is 4.83 Å². The molecule has 0 unspecified atom stereocenters. The molecule has 1 saturated heterocycles. The number of aromatic nitrogens is 2. The highest BCUT2D eigenvalue weighted by Gasteiger charge is 2.25. The molecule has 1 aliphatic heterocycles. The summed E-state index contributed by atoms with van der Waals surface area (Å²) in [4.78, 5) is 45.6. The summed E-state index contributed by atoms with van der Waals surface area (Å²) in [6, 6.07) is 0. The maximum Gasteiger partial charge on any atom is 0.308 e. The van der Waals surface area contributed by atoms with Gasteiger partial charge in [0.25, 0.3) is 11.5 Å². The molecular formula is C20H25N3O5S. The van der Waals surface area contributed by atoms with E-state index in [-0.39, 0.29) is 24.4 Å². The lowest BCUT2D eigenvalue weighted by Gasteiger charge is -2.28. The number of morpholine rings is 1. The van der Waals surface area contributed by atoms with Crippen LogP contribution in [0.4, 0.5) is 0 Å². The molecule has 4 rings (SSSR count). The molecule has 3 heterocycles. The zero-order valence-corrected chi connectivity index (χ0v) is 17.3. The first-order valence-electron chi connectivity index (χ1n) is 10.1. The number of nitrogens with zero attached hydrogens (tertiary/aromatic N) is 3. The molecule has 0 spiro atoms. The fourth-order valence-corrected chi connectivity index (χ4v) is 5.12. The van der Waals surface area contributed by atoms with Gasteiger partial charge < -0.3 is 14.4 Å². The van der Waals surface area contributed by atoms with Crippen LogP contribution >= 0.6 is 11.3 Å². The van der Waals surface area contributed by atoms with Crippen LogP contribution in [0.25, 0.3) is 10.2 Å². The van der Waals surface area contributed by atoms with Crippen molar-refractivity contribution in [1.29, 1.82) is 0 Å². The Balaban J connectivity index is 1.39. The first-order chi connectivity index (χ1) is 14.0. The summed E-state index contributed by atoms with van der Waals surface area (Å²) in [5, 5.41) is 0.705. The highest BCUT2D eigenvalue weighted by Crippen LogP contribution is 2.33. The lowest BCUT2D eigenvalue weighted by molar-refractivity contribution is -0.161. The van der Waals surface area contributed by atoms with E-state index in [1.165, 1.54) is 15.8 Å². The Labute approximate surface area is 172 Å². The Bertz CT molecular complexity index is 976. The Morgan fingerprint density at radius 1 is 1.28 bits per heavy atom. The van der Waals surface area contributed by atoms with Crippen LogP contribution in [0.2, 0.25) is 0 Å². The van der Waals surface area contributed by atoms with Crippen molar-refractivity contribution in [3.63, 3.8) is 0 Å². The minimum atomic E-state index is -0.846. The highest BCUT2D eigenvalue weighted by atomic mass is 32.1. The van der Waals surface area contributed by atoms with E-state index in [4.69, 9.17) is 9.47 Å². The van der Waals surface area contributed by atoms with Crippen LogP contribution in [-0.2, 0) is 38.4 Å². The smallest absolute Gasteiger partial charge is 0.308 e. The molecular weight excluding hydrogens is 394 g/mol. The number of aryl methyl sites for hydroxylation is 3. The Kier molecular flexibility index (Phi) is 5.96. The summed E-state index contributed by atoms with van der Waals surface area (Å²) in [7, 11) is 0. The molecule has 156 valence electrons. The molecule has 0 bridgehead atoms. The van der Waals surface area contributed by atoms with Gasteiger partial charge in [-0.15, -0.1) is 11.3 Å². The number of esters is 1. The second-order valence-corrected chi connectivity index (χ2v) is 8.54. The molecule has 9 heteroatoms. The predicted octanol–water partition coefficient (Wildman–Crippen LogP) is 1.52. The van der Waals surface area contributed by atoms with Crippen molar-refractivity contribution in [3.05, 3.63) is 27.1 Å². The van der Waals surface area contributed by atoms with Gasteiger partial charge in [0.05, 0.1) is 31.3 Å². The average molecular weight is 420 g/mol. The number of thiophene rings is 1. The number of hydrogen-bond donors (Lipinski definition) is 0. The Hall–Kier alpha value is -2.26. The van der Waals surface area contributed by atoms with Crippen molar-refractivity contribution in [3.8, 4) is 0 Å². The van der Waals surface area contributed by atoms with E-state index in [1.54, 1.807) is 23.2 Å². The second-order valence-electron chi connectivity index (χ2n) is 7.45. The number of hydrogen-bond acceptors (Lipinski definition) is 7. The van der Waals surface area contributed by atoms with Crippen LogP contribution in [0.3, 0.4) is 0 Å². The summed E-state index contributed by atoms with van der Waals surface area (Å²) in [6.45, 7) is 3.77. The van der Waals surface area contributed by atoms with Crippen molar-refractivity contribution in [2.45, 2.75) is 51.7 Å². The topological polar surface area (TPSA) is 90.7 Å². The molecule has 1 atom stereocenters. The van der Waals surface area contributed by atoms with Gasteiger partial charge in [-0.1, -0.05) is 0 Å². The number of carbonyl (C=O) groups is 2. The maximum absolute atomic E-state index is 12.9. The minimum absolute atomic E-state index is 0.0140. The standard InChI is InChI=1S/C20H25N3O5S/c1-13(19(25)22-8-10-27-11-9-22)28-16(24)6-7-23-12-21-18-17(20(23)26)14-4-2-3-5-15(14)29-18/h12-13H,2-11H2,1H3/t13-/m0/s1. The third-order valence-electron chi connectivity index (χ3n) is 5.48. The van der Waals surface area contributed by atoms with Crippen LogP contribution in [0, 0.1) is 0 Å². The molecule has 1 fully saturated rings. The Morgan fingerprint density at radius 3 is 2.83 bits per heavy atom. The number of ether oxygens (including phenoxy) is 2. The first-order valence-corrected chi connectivity index (χ1v) is 10.9. The van der Waals surface area contributed by atoms with E-state index < -0.39 is 12.1 Å². The number of rotatable bonds is 5. The van der Waals surface area contributed by atoms with E-state index in [9.17, 15) is 14.4 Å². The van der Waals surface area contributed by atoms with Gasteiger partial charge in [0, 0.05) is 24.5 Å². The van der Waals surface area contributed by atoms with Crippen LogP contribution in [0.1, 0.15) is 36.6 Å². The third kappa shape index (κ3) is 4.20. The third-order valence-corrected chi connectivity index (χ3v) is 6.68. The normalized spacial score (nSPS) is 17.8. The van der Waals surface area contributed by atoms with Crippen molar-refractivity contribution in [2.75, 3.05) is 26.3 Å². The van der Waals surface area contributed by atoms with E-state index in [0.29, 0.717) is 31.7 Å².